The van der Waals surface area contributed by atoms with Crippen molar-refractivity contribution in [1.29, 1.82) is 0 Å². The number of carbonyl (C=O) groups excluding carboxylic acids is 1. The summed E-state index contributed by atoms with van der Waals surface area (Å²) in [7, 11) is -2.28. The monoisotopic (exact) mass is 436 g/mol. The maximum absolute atomic E-state index is 13.0. The van der Waals surface area contributed by atoms with Gasteiger partial charge in [0.25, 0.3) is 0 Å². The topological polar surface area (TPSA) is 75.7 Å². The number of sulfonamides is 1. The molecular formula is C21H25ClN2O4S. The molecule has 0 saturated carbocycles. The first kappa shape index (κ1) is 21.6. The van der Waals surface area contributed by atoms with E-state index in [4.69, 9.17) is 16.3 Å². The normalized spacial score (nSPS) is 17.7. The number of methoxy groups -OCH3 is 1. The lowest BCUT2D eigenvalue weighted by Crippen LogP contribution is -2.43. The standard InChI is InChI=1S/C21H25ClN2O4S/c1-14-9-15(2)11-17(10-14)23-21(25)16-5-4-8-24(13-16)29(26,27)18-6-7-20(28-3)19(22)12-18/h6-7,9-12,16H,4-5,8,13H2,1-3H3,(H,23,25)/t16-/m1/s1. The number of benzene rings is 2. The van der Waals surface area contributed by atoms with Gasteiger partial charge < -0.3 is 10.1 Å². The summed E-state index contributed by atoms with van der Waals surface area (Å²) in [5, 5.41) is 3.16. The zero-order valence-corrected chi connectivity index (χ0v) is 18.3. The molecule has 0 radical (unpaired) electrons. The highest BCUT2D eigenvalue weighted by atomic mass is 35.5. The van der Waals surface area contributed by atoms with E-state index in [0.29, 0.717) is 25.1 Å². The van der Waals surface area contributed by atoms with Gasteiger partial charge in [0.1, 0.15) is 5.75 Å². The number of halogens is 1. The molecule has 3 rings (SSSR count). The Morgan fingerprint density at radius 2 is 1.86 bits per heavy atom. The molecule has 1 aliphatic heterocycles. The number of nitrogens with one attached hydrogen (secondary N) is 1. The third kappa shape index (κ3) is 4.91. The van der Waals surface area contributed by atoms with E-state index < -0.39 is 15.9 Å². The Morgan fingerprint density at radius 1 is 1.17 bits per heavy atom. The molecule has 2 aromatic rings. The van der Waals surface area contributed by atoms with E-state index >= 15 is 0 Å². The van der Waals surface area contributed by atoms with Gasteiger partial charge in [-0.2, -0.15) is 4.31 Å². The highest BCUT2D eigenvalue weighted by Gasteiger charge is 2.33. The molecule has 0 aromatic heterocycles. The maximum Gasteiger partial charge on any atom is 0.243 e. The van der Waals surface area contributed by atoms with E-state index in [0.717, 1.165) is 16.8 Å². The van der Waals surface area contributed by atoms with Crippen LogP contribution in [0, 0.1) is 19.8 Å². The van der Waals surface area contributed by atoms with Gasteiger partial charge in [-0.25, -0.2) is 8.42 Å². The average Bonchev–Trinajstić information content (AvgIpc) is 2.67. The second-order valence-corrected chi connectivity index (χ2v) is 9.71. The van der Waals surface area contributed by atoms with Crippen molar-refractivity contribution in [2.75, 3.05) is 25.5 Å². The van der Waals surface area contributed by atoms with Crippen molar-refractivity contribution in [1.82, 2.24) is 4.31 Å². The summed E-state index contributed by atoms with van der Waals surface area (Å²) in [5.41, 5.74) is 2.85. The number of anilines is 1. The van der Waals surface area contributed by atoms with Crippen LogP contribution < -0.4 is 10.1 Å². The molecule has 1 amide bonds. The molecule has 2 aromatic carbocycles. The predicted molar refractivity (Wildman–Crippen MR) is 114 cm³/mol. The van der Waals surface area contributed by atoms with Gasteiger partial charge in [0.05, 0.1) is 22.9 Å². The molecule has 0 unspecified atom stereocenters. The van der Waals surface area contributed by atoms with Crippen LogP contribution in [-0.2, 0) is 14.8 Å². The first-order valence-corrected chi connectivity index (χ1v) is 11.3. The summed E-state index contributed by atoms with van der Waals surface area (Å²) in [5.74, 6) is -0.161. The highest BCUT2D eigenvalue weighted by Crippen LogP contribution is 2.30. The van der Waals surface area contributed by atoms with Crippen LogP contribution >= 0.6 is 11.6 Å². The Hall–Kier alpha value is -2.09. The Morgan fingerprint density at radius 3 is 2.48 bits per heavy atom. The number of amides is 1. The summed E-state index contributed by atoms with van der Waals surface area (Å²) in [4.78, 5) is 12.9. The van der Waals surface area contributed by atoms with Crippen LogP contribution in [0.1, 0.15) is 24.0 Å². The number of rotatable bonds is 5. The van der Waals surface area contributed by atoms with Crippen LogP contribution in [0.2, 0.25) is 5.02 Å². The molecule has 29 heavy (non-hydrogen) atoms. The minimum atomic E-state index is -3.75. The number of hydrogen-bond donors (Lipinski definition) is 1. The van der Waals surface area contributed by atoms with Gasteiger partial charge in [-0.1, -0.05) is 17.7 Å². The second kappa shape index (κ2) is 8.73. The van der Waals surface area contributed by atoms with Crippen LogP contribution in [0.3, 0.4) is 0 Å². The van der Waals surface area contributed by atoms with E-state index in [1.165, 1.54) is 29.6 Å². The average molecular weight is 437 g/mol. The lowest BCUT2D eigenvalue weighted by Gasteiger charge is -2.31. The third-order valence-corrected chi connectivity index (χ3v) is 7.16. The fourth-order valence-corrected chi connectivity index (χ4v) is 5.50. The molecule has 8 heteroatoms. The quantitative estimate of drug-likeness (QED) is 0.768. The number of nitrogens with zero attached hydrogens (tertiary/aromatic N) is 1. The smallest absolute Gasteiger partial charge is 0.243 e. The Balaban J connectivity index is 1.75. The van der Waals surface area contributed by atoms with Gasteiger partial charge in [-0.3, -0.25) is 4.79 Å². The van der Waals surface area contributed by atoms with E-state index in [1.807, 2.05) is 32.0 Å². The SMILES string of the molecule is COc1ccc(S(=O)(=O)N2CCC[C@@H](C(=O)Nc3cc(C)cc(C)c3)C2)cc1Cl. The van der Waals surface area contributed by atoms with E-state index in [2.05, 4.69) is 5.32 Å². The van der Waals surface area contributed by atoms with Crippen LogP contribution in [0.15, 0.2) is 41.3 Å². The molecule has 1 fully saturated rings. The Labute approximate surface area is 176 Å². The van der Waals surface area contributed by atoms with Crippen molar-refractivity contribution in [3.05, 3.63) is 52.5 Å². The first-order valence-electron chi connectivity index (χ1n) is 9.43. The molecular weight excluding hydrogens is 412 g/mol. The first-order chi connectivity index (χ1) is 13.7. The lowest BCUT2D eigenvalue weighted by atomic mass is 9.98. The van der Waals surface area contributed by atoms with Crippen molar-refractivity contribution >= 4 is 33.2 Å². The number of ether oxygens (including phenoxy) is 1. The largest absolute Gasteiger partial charge is 0.495 e. The van der Waals surface area contributed by atoms with Crippen molar-refractivity contribution in [3.63, 3.8) is 0 Å². The molecule has 6 nitrogen and oxygen atoms in total. The highest BCUT2D eigenvalue weighted by molar-refractivity contribution is 7.89. The van der Waals surface area contributed by atoms with E-state index in [-0.39, 0.29) is 22.4 Å². The minimum Gasteiger partial charge on any atom is -0.495 e. The van der Waals surface area contributed by atoms with Crippen LogP contribution in [-0.4, -0.2) is 38.8 Å². The molecule has 1 saturated heterocycles. The van der Waals surface area contributed by atoms with Gasteiger partial charge in [-0.05, 0) is 68.1 Å². The number of piperidine rings is 1. The molecule has 1 aliphatic rings. The minimum absolute atomic E-state index is 0.0960. The summed E-state index contributed by atoms with van der Waals surface area (Å²) >= 11 is 6.10. The molecule has 0 spiro atoms. The predicted octanol–water partition coefficient (Wildman–Crippen LogP) is 4.00. The molecule has 1 atom stereocenters. The number of aryl methyl sites for hydroxylation is 2. The molecule has 0 aliphatic carbocycles. The van der Waals surface area contributed by atoms with Gasteiger partial charge >= 0.3 is 0 Å². The van der Waals surface area contributed by atoms with Crippen molar-refractivity contribution in [3.8, 4) is 5.75 Å². The van der Waals surface area contributed by atoms with Gasteiger partial charge in [0, 0.05) is 18.8 Å². The molecule has 1 N–H and O–H groups in total. The summed E-state index contributed by atoms with van der Waals surface area (Å²) in [6.45, 7) is 4.46. The van der Waals surface area contributed by atoms with Crippen LogP contribution in [0.25, 0.3) is 0 Å². The Kier molecular flexibility index (Phi) is 6.51. The molecule has 156 valence electrons. The van der Waals surface area contributed by atoms with Crippen molar-refractivity contribution in [2.45, 2.75) is 31.6 Å². The number of carbonyl (C=O) groups is 1. The summed E-state index contributed by atoms with van der Waals surface area (Å²) < 4.78 is 32.5. The van der Waals surface area contributed by atoms with Gasteiger partial charge in [0.2, 0.25) is 15.9 Å². The van der Waals surface area contributed by atoms with E-state index in [1.54, 1.807) is 0 Å². The number of hydrogen-bond acceptors (Lipinski definition) is 4. The summed E-state index contributed by atoms with van der Waals surface area (Å²) in [6.07, 6.45) is 1.26. The fraction of sp³-hybridized carbons (Fsp3) is 0.381. The van der Waals surface area contributed by atoms with Crippen LogP contribution in [0.4, 0.5) is 5.69 Å². The van der Waals surface area contributed by atoms with Crippen LogP contribution in [0.5, 0.6) is 5.75 Å². The second-order valence-electron chi connectivity index (χ2n) is 7.36. The maximum atomic E-state index is 13.0. The zero-order valence-electron chi connectivity index (χ0n) is 16.7. The zero-order chi connectivity index (χ0) is 21.2. The third-order valence-electron chi connectivity index (χ3n) is 5.01. The summed E-state index contributed by atoms with van der Waals surface area (Å²) in [6, 6.07) is 10.2. The van der Waals surface area contributed by atoms with E-state index in [9.17, 15) is 13.2 Å². The lowest BCUT2D eigenvalue weighted by molar-refractivity contribution is -0.120. The van der Waals surface area contributed by atoms with Crippen molar-refractivity contribution < 1.29 is 17.9 Å². The molecule has 1 heterocycles. The fourth-order valence-electron chi connectivity index (χ4n) is 3.62. The van der Waals surface area contributed by atoms with Gasteiger partial charge in [-0.15, -0.1) is 0 Å². The van der Waals surface area contributed by atoms with Gasteiger partial charge in [0.15, 0.2) is 0 Å². The molecule has 0 bridgehead atoms. The van der Waals surface area contributed by atoms with Crippen molar-refractivity contribution in [2.24, 2.45) is 5.92 Å². The Bertz CT molecular complexity index is 1000.